The maximum absolute atomic E-state index is 11.9. The van der Waals surface area contributed by atoms with Gasteiger partial charge in [-0.1, -0.05) is 23.7 Å². The molecule has 2 aromatic rings. The zero-order valence-electron chi connectivity index (χ0n) is 10.8. The number of carbonyl (C=O) groups is 2. The van der Waals surface area contributed by atoms with Gasteiger partial charge in [-0.05, 0) is 23.8 Å². The number of hydrogen-bond donors (Lipinski definition) is 2. The number of halogens is 1. The number of hydrogen-bond acceptors (Lipinski definition) is 2. The molecule has 1 heterocycles. The number of carbonyl (C=O) groups excluding carboxylic acids is 1. The number of aromatic carboxylic acids is 1. The summed E-state index contributed by atoms with van der Waals surface area (Å²) in [6.45, 7) is 0.321. The number of rotatable bonds is 4. The Hall–Kier alpha value is -2.27. The molecule has 2 N–H and O–H groups in total. The molecule has 0 bridgehead atoms. The van der Waals surface area contributed by atoms with Crippen LogP contribution in [0.25, 0.3) is 0 Å². The third kappa shape index (κ3) is 3.19. The number of aromatic nitrogens is 1. The van der Waals surface area contributed by atoms with Gasteiger partial charge in [0.25, 0.3) is 5.91 Å². The molecule has 1 aromatic heterocycles. The number of aryl methyl sites for hydroxylation is 1. The highest BCUT2D eigenvalue weighted by Gasteiger charge is 2.10. The molecule has 5 nitrogen and oxygen atoms in total. The molecule has 0 aliphatic carbocycles. The Morgan fingerprint density at radius 1 is 1.30 bits per heavy atom. The van der Waals surface area contributed by atoms with Crippen LogP contribution in [0.1, 0.15) is 26.4 Å². The first-order valence-electron chi connectivity index (χ1n) is 5.89. The van der Waals surface area contributed by atoms with Crippen molar-refractivity contribution in [3.63, 3.8) is 0 Å². The summed E-state index contributed by atoms with van der Waals surface area (Å²) in [5.41, 5.74) is 1.51. The minimum atomic E-state index is -0.973. The second kappa shape index (κ2) is 5.79. The van der Waals surface area contributed by atoms with E-state index >= 15 is 0 Å². The van der Waals surface area contributed by atoms with Gasteiger partial charge in [0.15, 0.2) is 0 Å². The zero-order valence-corrected chi connectivity index (χ0v) is 11.5. The normalized spacial score (nSPS) is 10.3. The molecule has 0 fully saturated rings. The summed E-state index contributed by atoms with van der Waals surface area (Å²) >= 11 is 5.82. The average molecular weight is 293 g/mol. The topological polar surface area (TPSA) is 71.3 Å². The van der Waals surface area contributed by atoms with Crippen LogP contribution in [0.3, 0.4) is 0 Å². The summed E-state index contributed by atoms with van der Waals surface area (Å²) in [6, 6.07) is 7.93. The van der Waals surface area contributed by atoms with Crippen LogP contribution in [0.4, 0.5) is 0 Å². The minimum Gasteiger partial charge on any atom is -0.478 e. The summed E-state index contributed by atoms with van der Waals surface area (Å²) in [4.78, 5) is 22.7. The lowest BCUT2D eigenvalue weighted by Crippen LogP contribution is -2.24. The smallest absolute Gasteiger partial charge is 0.335 e. The van der Waals surface area contributed by atoms with Crippen molar-refractivity contribution in [3.05, 3.63) is 58.4 Å². The molecule has 0 radical (unpaired) electrons. The van der Waals surface area contributed by atoms with Gasteiger partial charge in [-0.25, -0.2) is 4.79 Å². The highest BCUT2D eigenvalue weighted by Crippen LogP contribution is 2.12. The molecule has 2 rings (SSSR count). The van der Waals surface area contributed by atoms with Gasteiger partial charge in [-0.2, -0.15) is 0 Å². The van der Waals surface area contributed by atoms with Crippen LogP contribution >= 0.6 is 11.6 Å². The first-order chi connectivity index (χ1) is 9.47. The predicted molar refractivity (Wildman–Crippen MR) is 75.0 cm³/mol. The fourth-order valence-corrected chi connectivity index (χ4v) is 2.04. The van der Waals surface area contributed by atoms with Gasteiger partial charge in [0.05, 0.1) is 10.6 Å². The molecule has 6 heteroatoms. The number of carboxylic acid groups (broad SMARTS) is 1. The van der Waals surface area contributed by atoms with E-state index in [1.807, 2.05) is 0 Å². The largest absolute Gasteiger partial charge is 0.478 e. The monoisotopic (exact) mass is 292 g/mol. The fourth-order valence-electron chi connectivity index (χ4n) is 1.79. The van der Waals surface area contributed by atoms with E-state index in [2.05, 4.69) is 5.32 Å². The average Bonchev–Trinajstić information content (AvgIpc) is 2.75. The van der Waals surface area contributed by atoms with E-state index in [1.165, 1.54) is 12.1 Å². The van der Waals surface area contributed by atoms with Crippen molar-refractivity contribution in [3.8, 4) is 0 Å². The second-order valence-corrected chi connectivity index (χ2v) is 4.78. The highest BCUT2D eigenvalue weighted by molar-refractivity contribution is 6.31. The Morgan fingerprint density at radius 3 is 2.45 bits per heavy atom. The molecule has 20 heavy (non-hydrogen) atoms. The molecule has 104 valence electrons. The maximum atomic E-state index is 11.9. The van der Waals surface area contributed by atoms with E-state index in [-0.39, 0.29) is 11.5 Å². The predicted octanol–water partition coefficient (Wildman–Crippen LogP) is 2.31. The summed E-state index contributed by atoms with van der Waals surface area (Å²) in [6.07, 6.45) is 1.65. The van der Waals surface area contributed by atoms with Crippen LogP contribution < -0.4 is 5.32 Å². The van der Waals surface area contributed by atoms with Crippen LogP contribution in [0.2, 0.25) is 5.02 Å². The van der Waals surface area contributed by atoms with Gasteiger partial charge in [0.2, 0.25) is 0 Å². The Bertz CT molecular complexity index is 647. The Kier molecular flexibility index (Phi) is 4.10. The van der Waals surface area contributed by atoms with Crippen LogP contribution in [-0.4, -0.2) is 21.6 Å². The van der Waals surface area contributed by atoms with E-state index < -0.39 is 5.97 Å². The number of nitrogens with zero attached hydrogens (tertiary/aromatic N) is 1. The van der Waals surface area contributed by atoms with Crippen molar-refractivity contribution >= 4 is 23.5 Å². The molecule has 0 saturated heterocycles. The van der Waals surface area contributed by atoms with Gasteiger partial charge in [-0.15, -0.1) is 0 Å². The van der Waals surface area contributed by atoms with Gasteiger partial charge >= 0.3 is 5.97 Å². The first kappa shape index (κ1) is 14.1. The first-order valence-corrected chi connectivity index (χ1v) is 6.27. The summed E-state index contributed by atoms with van der Waals surface area (Å²) in [5.74, 6) is -1.21. The molecule has 0 atom stereocenters. The quantitative estimate of drug-likeness (QED) is 0.908. The van der Waals surface area contributed by atoms with E-state index in [4.69, 9.17) is 16.7 Å². The fraction of sp³-hybridized carbons (Fsp3) is 0.143. The Balaban J connectivity index is 2.00. The van der Waals surface area contributed by atoms with Crippen LogP contribution in [0.5, 0.6) is 0 Å². The summed E-state index contributed by atoms with van der Waals surface area (Å²) in [5, 5.41) is 12.0. The van der Waals surface area contributed by atoms with Gasteiger partial charge in [0, 0.05) is 19.8 Å². The van der Waals surface area contributed by atoms with Crippen LogP contribution in [0.15, 0.2) is 36.5 Å². The van der Waals surface area contributed by atoms with E-state index in [9.17, 15) is 9.59 Å². The molecule has 0 spiro atoms. The van der Waals surface area contributed by atoms with E-state index in [1.54, 1.807) is 36.0 Å². The van der Waals surface area contributed by atoms with Crippen LogP contribution in [0, 0.1) is 0 Å². The molecular weight excluding hydrogens is 280 g/mol. The lowest BCUT2D eigenvalue weighted by molar-refractivity contribution is 0.0696. The molecule has 0 aliphatic rings. The van der Waals surface area contributed by atoms with Crippen molar-refractivity contribution in [2.45, 2.75) is 6.54 Å². The lowest BCUT2D eigenvalue weighted by Gasteiger charge is -2.06. The molecule has 1 aromatic carbocycles. The minimum absolute atomic E-state index is 0.217. The van der Waals surface area contributed by atoms with Crippen LogP contribution in [-0.2, 0) is 13.6 Å². The third-order valence-electron chi connectivity index (χ3n) is 2.86. The maximum Gasteiger partial charge on any atom is 0.335 e. The zero-order chi connectivity index (χ0) is 14.7. The summed E-state index contributed by atoms with van der Waals surface area (Å²) < 4.78 is 1.64. The molecular formula is C14H13ClN2O3. The third-order valence-corrected chi connectivity index (χ3v) is 3.06. The number of carboxylic acids is 1. The van der Waals surface area contributed by atoms with Gasteiger partial charge in [-0.3, -0.25) is 4.79 Å². The van der Waals surface area contributed by atoms with Gasteiger partial charge in [0.1, 0.15) is 5.69 Å². The van der Waals surface area contributed by atoms with Crippen molar-refractivity contribution in [1.29, 1.82) is 0 Å². The molecule has 0 unspecified atom stereocenters. The second-order valence-electron chi connectivity index (χ2n) is 4.34. The number of amides is 1. The SMILES string of the molecule is Cn1cc(Cl)cc1C(=O)NCc1ccc(C(=O)O)cc1. The lowest BCUT2D eigenvalue weighted by atomic mass is 10.1. The molecule has 1 amide bonds. The Morgan fingerprint density at radius 2 is 1.95 bits per heavy atom. The van der Waals surface area contributed by atoms with E-state index in [0.717, 1.165) is 5.56 Å². The molecule has 0 aliphatic heterocycles. The Labute approximate surface area is 120 Å². The van der Waals surface area contributed by atoms with Gasteiger partial charge < -0.3 is 15.0 Å². The van der Waals surface area contributed by atoms with Crippen molar-refractivity contribution in [2.75, 3.05) is 0 Å². The number of benzene rings is 1. The highest BCUT2D eigenvalue weighted by atomic mass is 35.5. The van der Waals surface area contributed by atoms with Crippen molar-refractivity contribution < 1.29 is 14.7 Å². The van der Waals surface area contributed by atoms with Crippen molar-refractivity contribution in [2.24, 2.45) is 7.05 Å². The number of nitrogens with one attached hydrogen (secondary N) is 1. The molecule has 0 saturated carbocycles. The standard InChI is InChI=1S/C14H13ClN2O3/c1-17-8-11(15)6-12(17)13(18)16-7-9-2-4-10(5-3-9)14(19)20/h2-6,8H,7H2,1H3,(H,16,18)(H,19,20). The van der Waals surface area contributed by atoms with Crippen molar-refractivity contribution in [1.82, 2.24) is 9.88 Å². The summed E-state index contributed by atoms with van der Waals surface area (Å²) in [7, 11) is 1.74. The van der Waals surface area contributed by atoms with E-state index in [0.29, 0.717) is 17.3 Å².